The van der Waals surface area contributed by atoms with E-state index in [0.29, 0.717) is 0 Å². The predicted octanol–water partition coefficient (Wildman–Crippen LogP) is 3.58. The number of hydrogen-bond acceptors (Lipinski definition) is 2. The molecular formula is C11H23BrN2. The molecule has 0 bridgehead atoms. The van der Waals surface area contributed by atoms with Gasteiger partial charge in [0.1, 0.15) is 0 Å². The Morgan fingerprint density at radius 1 is 1.07 bits per heavy atom. The van der Waals surface area contributed by atoms with Gasteiger partial charge in [-0.05, 0) is 19.3 Å². The maximum absolute atomic E-state index is 3.65. The Hall–Kier alpha value is 0.400. The molecule has 0 saturated carbocycles. The Labute approximate surface area is 97.0 Å². The summed E-state index contributed by atoms with van der Waals surface area (Å²) >= 11 is 3.65. The molecule has 2 nitrogen and oxygen atoms in total. The van der Waals surface area contributed by atoms with E-state index in [-0.39, 0.29) is 0 Å². The van der Waals surface area contributed by atoms with Crippen molar-refractivity contribution in [3.8, 4) is 0 Å². The van der Waals surface area contributed by atoms with Gasteiger partial charge in [-0.2, -0.15) is 4.03 Å². The van der Waals surface area contributed by atoms with Crippen LogP contribution in [0.3, 0.4) is 0 Å². The van der Waals surface area contributed by atoms with Crippen molar-refractivity contribution in [1.29, 1.82) is 0 Å². The summed E-state index contributed by atoms with van der Waals surface area (Å²) in [5.74, 6) is 0. The van der Waals surface area contributed by atoms with Crippen LogP contribution in [0, 0.1) is 0 Å². The second-order valence-electron chi connectivity index (χ2n) is 4.14. The zero-order valence-corrected chi connectivity index (χ0v) is 10.9. The predicted molar refractivity (Wildman–Crippen MR) is 65.2 cm³/mol. The van der Waals surface area contributed by atoms with E-state index in [9.17, 15) is 0 Å². The number of halogens is 1. The molecule has 1 rings (SSSR count). The summed E-state index contributed by atoms with van der Waals surface area (Å²) in [6, 6.07) is 0. The maximum atomic E-state index is 3.65. The summed E-state index contributed by atoms with van der Waals surface area (Å²) in [5, 5.41) is 2.44. The van der Waals surface area contributed by atoms with Gasteiger partial charge in [0.05, 0.1) is 0 Å². The minimum atomic E-state index is 1.17. The van der Waals surface area contributed by atoms with Crippen LogP contribution in [0.4, 0.5) is 0 Å². The van der Waals surface area contributed by atoms with E-state index in [1.54, 1.807) is 0 Å². The van der Waals surface area contributed by atoms with Gasteiger partial charge in [-0.3, -0.25) is 0 Å². The molecule has 0 amide bonds. The molecule has 3 heteroatoms. The van der Waals surface area contributed by atoms with Crippen molar-refractivity contribution in [3.63, 3.8) is 0 Å². The fourth-order valence-corrected chi connectivity index (χ4v) is 2.47. The van der Waals surface area contributed by atoms with Crippen LogP contribution < -0.4 is 0 Å². The third-order valence-corrected chi connectivity index (χ3v) is 3.64. The molecule has 0 aromatic carbocycles. The monoisotopic (exact) mass is 262 g/mol. The smallest absolute Gasteiger partial charge is 0.0287 e. The lowest BCUT2D eigenvalue weighted by molar-refractivity contribution is 0.0561. The molecule has 0 spiro atoms. The van der Waals surface area contributed by atoms with Crippen LogP contribution in [-0.4, -0.2) is 28.7 Å². The largest absolute Gasteiger partial charge is 0.232 e. The van der Waals surface area contributed by atoms with E-state index < -0.39 is 0 Å². The third kappa shape index (κ3) is 4.76. The van der Waals surface area contributed by atoms with Gasteiger partial charge in [0.25, 0.3) is 0 Å². The Bertz CT molecular complexity index is 135. The fourth-order valence-electron chi connectivity index (χ4n) is 1.90. The second-order valence-corrected chi connectivity index (χ2v) is 4.95. The Morgan fingerprint density at radius 2 is 1.79 bits per heavy atom. The van der Waals surface area contributed by atoms with Gasteiger partial charge >= 0.3 is 0 Å². The number of nitrogens with zero attached hydrogens (tertiary/aromatic N) is 2. The molecule has 1 fully saturated rings. The van der Waals surface area contributed by atoms with Crippen molar-refractivity contribution in [3.05, 3.63) is 0 Å². The van der Waals surface area contributed by atoms with Crippen LogP contribution in [0.15, 0.2) is 0 Å². The lowest BCUT2D eigenvalue weighted by atomic mass is 10.2. The molecule has 14 heavy (non-hydrogen) atoms. The quantitative estimate of drug-likeness (QED) is 0.534. The van der Waals surface area contributed by atoms with Crippen molar-refractivity contribution < 1.29 is 0 Å². The minimum absolute atomic E-state index is 1.17. The number of rotatable bonds is 6. The summed E-state index contributed by atoms with van der Waals surface area (Å²) in [4.78, 5) is 0. The van der Waals surface area contributed by atoms with E-state index in [1.165, 1.54) is 64.6 Å². The molecule has 1 saturated heterocycles. The lowest BCUT2D eigenvalue weighted by Crippen LogP contribution is -2.40. The van der Waals surface area contributed by atoms with Gasteiger partial charge in [0.2, 0.25) is 0 Å². The molecule has 1 heterocycles. The van der Waals surface area contributed by atoms with Crippen molar-refractivity contribution in [2.24, 2.45) is 0 Å². The zero-order valence-electron chi connectivity index (χ0n) is 9.34. The van der Waals surface area contributed by atoms with E-state index in [0.717, 1.165) is 0 Å². The molecule has 0 aromatic heterocycles. The normalized spacial score (nSPS) is 19.1. The van der Waals surface area contributed by atoms with Gasteiger partial charge in [-0.1, -0.05) is 32.6 Å². The molecule has 1 aliphatic rings. The highest BCUT2D eigenvalue weighted by molar-refractivity contribution is 9.07. The maximum Gasteiger partial charge on any atom is 0.0287 e. The van der Waals surface area contributed by atoms with Gasteiger partial charge in [-0.15, -0.1) is 0 Å². The molecule has 0 aliphatic carbocycles. The lowest BCUT2D eigenvalue weighted by Gasteiger charge is -2.32. The highest BCUT2D eigenvalue weighted by atomic mass is 79.9. The first-order valence-electron chi connectivity index (χ1n) is 6.02. The van der Waals surface area contributed by atoms with E-state index >= 15 is 0 Å². The average molecular weight is 263 g/mol. The molecule has 0 atom stereocenters. The molecule has 0 unspecified atom stereocenters. The van der Waals surface area contributed by atoms with Gasteiger partial charge in [-0.25, -0.2) is 5.01 Å². The third-order valence-electron chi connectivity index (χ3n) is 2.84. The molecule has 84 valence electrons. The van der Waals surface area contributed by atoms with Crippen LogP contribution in [-0.2, 0) is 0 Å². The molecule has 1 aliphatic heterocycles. The zero-order chi connectivity index (χ0) is 10.2. The molecular weight excluding hydrogens is 240 g/mol. The standard InChI is InChI=1S/C11H23BrN2/c1-2-3-4-8-11-14(12)13-9-6-5-7-10-13/h2-11H2,1H3. The first-order chi connectivity index (χ1) is 6.84. The molecule has 0 radical (unpaired) electrons. The first kappa shape index (κ1) is 12.5. The highest BCUT2D eigenvalue weighted by Crippen LogP contribution is 2.15. The van der Waals surface area contributed by atoms with Crippen LogP contribution in [0.25, 0.3) is 0 Å². The summed E-state index contributed by atoms with van der Waals surface area (Å²) in [6.45, 7) is 5.90. The fraction of sp³-hybridized carbons (Fsp3) is 1.00. The van der Waals surface area contributed by atoms with E-state index in [2.05, 4.69) is 32.1 Å². The Balaban J connectivity index is 2.04. The van der Waals surface area contributed by atoms with Crippen LogP contribution in [0.1, 0.15) is 51.9 Å². The number of hydrogen-bond donors (Lipinski definition) is 0. The minimum Gasteiger partial charge on any atom is -0.232 e. The van der Waals surface area contributed by atoms with Crippen LogP contribution in [0.5, 0.6) is 0 Å². The Morgan fingerprint density at radius 3 is 2.43 bits per heavy atom. The van der Waals surface area contributed by atoms with E-state index in [1.807, 2.05) is 0 Å². The number of piperidine rings is 1. The summed E-state index contributed by atoms with van der Waals surface area (Å²) in [5.41, 5.74) is 0. The summed E-state index contributed by atoms with van der Waals surface area (Å²) < 4.78 is 2.25. The van der Waals surface area contributed by atoms with Gasteiger partial charge in [0.15, 0.2) is 0 Å². The number of hydrazine groups is 1. The van der Waals surface area contributed by atoms with Crippen LogP contribution >= 0.6 is 16.1 Å². The van der Waals surface area contributed by atoms with E-state index in [4.69, 9.17) is 0 Å². The van der Waals surface area contributed by atoms with Crippen molar-refractivity contribution in [2.45, 2.75) is 51.9 Å². The first-order valence-corrected chi connectivity index (χ1v) is 6.73. The van der Waals surface area contributed by atoms with Gasteiger partial charge < -0.3 is 0 Å². The van der Waals surface area contributed by atoms with Gasteiger partial charge in [0, 0.05) is 35.8 Å². The molecule has 0 N–H and O–H groups in total. The topological polar surface area (TPSA) is 6.48 Å². The SMILES string of the molecule is CCCCCCN(Br)N1CCCCC1. The molecule has 0 aromatic rings. The van der Waals surface area contributed by atoms with Crippen molar-refractivity contribution in [1.82, 2.24) is 9.04 Å². The highest BCUT2D eigenvalue weighted by Gasteiger charge is 2.14. The van der Waals surface area contributed by atoms with Crippen molar-refractivity contribution >= 4 is 16.1 Å². The van der Waals surface area contributed by atoms with Crippen molar-refractivity contribution in [2.75, 3.05) is 19.6 Å². The Kier molecular flexibility index (Phi) is 6.82. The summed E-state index contributed by atoms with van der Waals surface area (Å²) in [7, 11) is 0. The average Bonchev–Trinajstić information content (AvgIpc) is 2.25. The second kappa shape index (κ2) is 7.66. The van der Waals surface area contributed by atoms with Crippen LogP contribution in [0.2, 0.25) is 0 Å². The number of unbranched alkanes of at least 4 members (excludes halogenated alkanes) is 3. The summed E-state index contributed by atoms with van der Waals surface area (Å²) in [6.07, 6.45) is 9.51.